The Morgan fingerprint density at radius 1 is 0.464 bits per heavy atom. The molecule has 0 fully saturated rings. The molecule has 0 saturated heterocycles. The summed E-state index contributed by atoms with van der Waals surface area (Å²) in [6.45, 7) is 3.13. The number of fused-ring (bicyclic) bond motifs is 2. The number of nitrogens with two attached hydrogens (primary N) is 1. The molecular formula is C70H61F22IN10O9. The van der Waals surface area contributed by atoms with Gasteiger partial charge in [0, 0.05) is 83.2 Å². The SMILES string of the molecule is C/C(=N/O)c1cc(F)cc(F)c1OCC(F)F.CC(=O)c1cc(F)cc(F)c1O.CC(=O)c1cc(F)cc(F)c1OCC(F)F.CC(N)c1cc(F)cc(F)c1OCC(F)F.CC(Nc1ccn2ncc(I)c2n1)c1cc(F)cc(F)c1OCC(F)F.CC(Nc1ccn2nccc2n1)c1cc(F)cc(F)c1OCC(F)F. The number of benzene rings is 6. The summed E-state index contributed by atoms with van der Waals surface area (Å²) < 4.78 is 307. The quantitative estimate of drug-likeness (QED) is 0.00892. The monoisotopic (exact) mass is 1730 g/mol. The lowest BCUT2D eigenvalue weighted by atomic mass is 10.1. The minimum absolute atomic E-state index is 0.0261. The highest BCUT2D eigenvalue weighted by molar-refractivity contribution is 14.1. The van der Waals surface area contributed by atoms with E-state index in [-0.39, 0.29) is 33.5 Å². The molecule has 3 atom stereocenters. The smallest absolute Gasteiger partial charge is 0.272 e. The van der Waals surface area contributed by atoms with E-state index in [1.165, 1.54) is 13.8 Å². The number of rotatable bonds is 25. The van der Waals surface area contributed by atoms with Gasteiger partial charge in [0.2, 0.25) is 0 Å². The number of alkyl halides is 10. The summed E-state index contributed by atoms with van der Waals surface area (Å²) in [5.74, 6) is -15.4. The molecule has 0 spiro atoms. The second kappa shape index (κ2) is 42.9. The summed E-state index contributed by atoms with van der Waals surface area (Å²) >= 11 is 2.08. The number of carbonyl (C=O) groups is 2. The second-order valence-corrected chi connectivity index (χ2v) is 23.7. The van der Waals surface area contributed by atoms with Gasteiger partial charge < -0.3 is 50.4 Å². The fourth-order valence-corrected chi connectivity index (χ4v) is 9.65. The Balaban J connectivity index is 0.000000245. The predicted octanol–water partition coefficient (Wildman–Crippen LogP) is 18.4. The largest absolute Gasteiger partial charge is 0.504 e. The zero-order chi connectivity index (χ0) is 83.7. The summed E-state index contributed by atoms with van der Waals surface area (Å²) in [6, 6.07) is 11.6. The average Bonchev–Trinajstić information content (AvgIpc) is 1.32. The maximum Gasteiger partial charge on any atom is 0.272 e. The Morgan fingerprint density at radius 3 is 1.21 bits per heavy atom. The first-order chi connectivity index (χ1) is 52.6. The van der Waals surface area contributed by atoms with Gasteiger partial charge in [0.15, 0.2) is 92.3 Å². The van der Waals surface area contributed by atoms with Gasteiger partial charge in [-0.1, -0.05) is 5.16 Å². The van der Waals surface area contributed by atoms with Crippen LogP contribution in [-0.4, -0.2) is 122 Å². The minimum Gasteiger partial charge on any atom is -0.504 e. The summed E-state index contributed by atoms with van der Waals surface area (Å²) in [5.41, 5.74) is 5.74. The van der Waals surface area contributed by atoms with E-state index in [9.17, 15) is 106 Å². The van der Waals surface area contributed by atoms with E-state index in [0.29, 0.717) is 59.3 Å². The van der Waals surface area contributed by atoms with Crippen LogP contribution in [0.3, 0.4) is 0 Å². The molecule has 0 aliphatic heterocycles. The van der Waals surface area contributed by atoms with E-state index in [4.69, 9.17) is 25.5 Å². The van der Waals surface area contributed by atoms with Crippen LogP contribution in [-0.2, 0) is 0 Å². The lowest BCUT2D eigenvalue weighted by molar-refractivity contribution is 0.0781. The summed E-state index contributed by atoms with van der Waals surface area (Å²) in [5, 5.41) is 34.3. The normalized spacial score (nSPS) is 12.0. The Morgan fingerprint density at radius 2 is 0.804 bits per heavy atom. The number of hydrogen-bond donors (Lipinski definition) is 5. The van der Waals surface area contributed by atoms with Crippen LogP contribution in [0.1, 0.15) is 103 Å². The van der Waals surface area contributed by atoms with E-state index in [1.807, 2.05) is 0 Å². The van der Waals surface area contributed by atoms with Gasteiger partial charge in [-0.15, -0.1) is 0 Å². The molecular weight excluding hydrogens is 1670 g/mol. The van der Waals surface area contributed by atoms with Gasteiger partial charge in [-0.05, 0) is 113 Å². The lowest BCUT2D eigenvalue weighted by Crippen LogP contribution is -2.14. The molecule has 42 heteroatoms. The first-order valence-electron chi connectivity index (χ1n) is 31.6. The van der Waals surface area contributed by atoms with E-state index < -0.39 is 205 Å². The third-order valence-corrected chi connectivity index (χ3v) is 14.7. The molecule has 0 aliphatic carbocycles. The van der Waals surface area contributed by atoms with Crippen molar-refractivity contribution in [1.82, 2.24) is 29.2 Å². The molecule has 6 N–H and O–H groups in total. The minimum atomic E-state index is -2.80. The highest BCUT2D eigenvalue weighted by Crippen LogP contribution is 2.36. The Hall–Kier alpha value is -11.1. The number of nitrogens with one attached hydrogen (secondary N) is 2. The maximum atomic E-state index is 14.0. The topological polar surface area (TPSA) is 244 Å². The second-order valence-electron chi connectivity index (χ2n) is 22.6. The van der Waals surface area contributed by atoms with Crippen molar-refractivity contribution in [3.05, 3.63) is 223 Å². The molecule has 10 rings (SSSR count). The molecule has 606 valence electrons. The van der Waals surface area contributed by atoms with Crippen molar-refractivity contribution < 1.29 is 140 Å². The van der Waals surface area contributed by atoms with E-state index in [0.717, 1.165) is 53.8 Å². The molecule has 19 nitrogen and oxygen atoms in total. The summed E-state index contributed by atoms with van der Waals surface area (Å²) in [4.78, 5) is 30.4. The average molecular weight is 1730 g/mol. The van der Waals surface area contributed by atoms with Crippen LogP contribution in [0.2, 0.25) is 0 Å². The van der Waals surface area contributed by atoms with Crippen molar-refractivity contribution in [3.8, 4) is 34.5 Å². The van der Waals surface area contributed by atoms with Crippen molar-refractivity contribution >= 4 is 62.8 Å². The molecule has 6 aromatic carbocycles. The number of hydrogen-bond acceptors (Lipinski definition) is 17. The lowest BCUT2D eigenvalue weighted by Gasteiger charge is -2.19. The third-order valence-electron chi connectivity index (χ3n) is 14.0. The van der Waals surface area contributed by atoms with Crippen molar-refractivity contribution in [2.75, 3.05) is 43.7 Å². The molecule has 3 unspecified atom stereocenters. The maximum absolute atomic E-state index is 14.0. The molecule has 0 amide bonds. The molecule has 10 aromatic rings. The summed E-state index contributed by atoms with van der Waals surface area (Å²) in [6.07, 6.45) is -7.30. The highest BCUT2D eigenvalue weighted by atomic mass is 127. The van der Waals surface area contributed by atoms with Crippen molar-refractivity contribution in [1.29, 1.82) is 0 Å². The number of carbonyl (C=O) groups excluding carboxylic acids is 2. The van der Waals surface area contributed by atoms with Crippen LogP contribution < -0.4 is 40.1 Å². The number of aromatic nitrogens is 6. The van der Waals surface area contributed by atoms with E-state index in [2.05, 4.69) is 72.8 Å². The number of ketones is 2. The zero-order valence-corrected chi connectivity index (χ0v) is 60.4. The molecule has 112 heavy (non-hydrogen) atoms. The third kappa shape index (κ3) is 27.7. The Labute approximate surface area is 633 Å². The first-order valence-corrected chi connectivity index (χ1v) is 32.6. The number of aromatic hydroxyl groups is 1. The van der Waals surface area contributed by atoms with Crippen molar-refractivity contribution in [2.45, 2.75) is 91.8 Å². The zero-order valence-electron chi connectivity index (χ0n) is 58.3. The van der Waals surface area contributed by atoms with Gasteiger partial charge in [-0.2, -0.15) is 10.2 Å². The van der Waals surface area contributed by atoms with Crippen LogP contribution in [0.4, 0.5) is 108 Å². The van der Waals surface area contributed by atoms with Gasteiger partial charge in [-0.3, -0.25) is 9.59 Å². The van der Waals surface area contributed by atoms with Crippen molar-refractivity contribution in [2.24, 2.45) is 10.9 Å². The van der Waals surface area contributed by atoms with Gasteiger partial charge in [0.25, 0.3) is 32.1 Å². The van der Waals surface area contributed by atoms with Crippen LogP contribution in [0, 0.1) is 73.4 Å². The van der Waals surface area contributed by atoms with E-state index in [1.54, 1.807) is 65.9 Å². The van der Waals surface area contributed by atoms with Crippen LogP contribution in [0.25, 0.3) is 11.3 Å². The number of phenols is 1. The molecule has 0 bridgehead atoms. The predicted molar refractivity (Wildman–Crippen MR) is 367 cm³/mol. The van der Waals surface area contributed by atoms with Crippen molar-refractivity contribution in [3.63, 3.8) is 0 Å². The molecule has 4 aromatic heterocycles. The van der Waals surface area contributed by atoms with Gasteiger partial charge in [-0.25, -0.2) is 116 Å². The van der Waals surface area contributed by atoms with Crippen LogP contribution >= 0.6 is 22.6 Å². The number of Topliss-reactive ketones (excluding diaryl/α,β-unsaturated/α-hetero) is 2. The van der Waals surface area contributed by atoms with Gasteiger partial charge >= 0.3 is 0 Å². The molecule has 4 heterocycles. The fraction of sp³-hybridized carbons (Fsp3) is 0.271. The number of anilines is 2. The Kier molecular flexibility index (Phi) is 35.1. The van der Waals surface area contributed by atoms with Gasteiger partial charge in [0.05, 0.1) is 44.9 Å². The number of nitrogens with zero attached hydrogens (tertiary/aromatic N) is 7. The van der Waals surface area contributed by atoms with E-state index >= 15 is 0 Å². The fourth-order valence-electron chi connectivity index (χ4n) is 9.16. The molecule has 0 saturated carbocycles. The number of phenolic OH excluding ortho intramolecular Hbond substituents is 1. The van der Waals surface area contributed by atoms with Crippen LogP contribution in [0.15, 0.2) is 121 Å². The highest BCUT2D eigenvalue weighted by Gasteiger charge is 2.25. The first kappa shape index (κ1) is 91.5. The number of oxime groups is 1. The molecule has 0 radical (unpaired) electrons. The number of halogens is 23. The standard InChI is InChI=1S/C16H13F4IN4O.C16H14F4N4O.C10H9F4NO2.C10H11F4NO.C10H8F4O2.C8H6F2O2/c1-8(23-14-2-3-25-16(24-14)12(21)6-22-25)10-4-9(17)5-11(18)15(10)26-7-13(19)20;1-9(22-14-3-5-24-15(23-14)2-4-21-24)11-6-10(17)7-12(18)16(11)25-8-13(19)20;1-5(15-16)7-2-6(11)3-8(12)10(7)17-4-9(13)14;2*1-5(15)7-2-6(11)3-8(12)10(7)16-4-9(13)14;1-4(11)6-2-5(9)3-7(10)8(6)12/h2-6,8,13H,7H2,1H3,(H,23,24);2-7,9,13H,8H2,1H3,(H,22,23);2-3,9,16H,4H2,1H3;2-3,5,9H,4,15H2,1H3;2-3,9H,4H2,1H3;2-3,12H,1H3/b;;15-5-;;;. The summed E-state index contributed by atoms with van der Waals surface area (Å²) in [7, 11) is 0. The number of ether oxygens (including phenoxy) is 5. The van der Waals surface area contributed by atoms with Crippen LogP contribution in [0.5, 0.6) is 34.5 Å². The van der Waals surface area contributed by atoms with Gasteiger partial charge in [0.1, 0.15) is 79.6 Å². The Bertz CT molecular complexity index is 4860. The molecule has 0 aliphatic rings.